The third-order valence-electron chi connectivity index (χ3n) is 4.37. The number of nitrogens with zero attached hydrogens (tertiary/aromatic N) is 1. The van der Waals surface area contributed by atoms with Gasteiger partial charge >= 0.3 is 0 Å². The van der Waals surface area contributed by atoms with Crippen LogP contribution >= 0.6 is 0 Å². The van der Waals surface area contributed by atoms with Crippen molar-refractivity contribution in [3.63, 3.8) is 0 Å². The van der Waals surface area contributed by atoms with Gasteiger partial charge in [0, 0.05) is 17.3 Å². The van der Waals surface area contributed by atoms with Crippen molar-refractivity contribution in [3.05, 3.63) is 89.1 Å². The summed E-state index contributed by atoms with van der Waals surface area (Å²) >= 11 is 0. The van der Waals surface area contributed by atoms with Crippen molar-refractivity contribution < 1.29 is 4.79 Å². The monoisotopic (exact) mass is 312 g/mol. The minimum atomic E-state index is -0.0366. The first kappa shape index (κ1) is 14.4. The van der Waals surface area contributed by atoms with Crippen LogP contribution in [0.5, 0.6) is 0 Å². The van der Waals surface area contributed by atoms with Crippen LogP contribution in [0, 0.1) is 0 Å². The van der Waals surface area contributed by atoms with E-state index in [0.29, 0.717) is 11.4 Å². The SMILES string of the molecule is Nc1ncccc1/C=C/C(=O)c1ccc2c(c1)-c1ccccc1C2. The molecule has 0 spiro atoms. The van der Waals surface area contributed by atoms with Gasteiger partial charge < -0.3 is 5.73 Å². The number of pyridine rings is 1. The Labute approximate surface area is 140 Å². The Kier molecular flexibility index (Phi) is 3.47. The van der Waals surface area contributed by atoms with Crippen molar-refractivity contribution in [2.75, 3.05) is 5.73 Å². The summed E-state index contributed by atoms with van der Waals surface area (Å²) in [4.78, 5) is 16.5. The molecule has 1 aliphatic carbocycles. The fourth-order valence-electron chi connectivity index (χ4n) is 3.11. The molecular formula is C21H16N2O. The zero-order valence-corrected chi connectivity index (χ0v) is 13.1. The zero-order valence-electron chi connectivity index (χ0n) is 13.1. The third-order valence-corrected chi connectivity index (χ3v) is 4.37. The van der Waals surface area contributed by atoms with Gasteiger partial charge in [0.1, 0.15) is 5.82 Å². The van der Waals surface area contributed by atoms with Crippen LogP contribution in [0.4, 0.5) is 5.82 Å². The number of allylic oxidation sites excluding steroid dienone is 1. The van der Waals surface area contributed by atoms with Crippen molar-refractivity contribution in [1.82, 2.24) is 4.98 Å². The zero-order chi connectivity index (χ0) is 16.5. The molecule has 24 heavy (non-hydrogen) atoms. The van der Waals surface area contributed by atoms with E-state index in [4.69, 9.17) is 5.73 Å². The molecule has 1 aliphatic rings. The van der Waals surface area contributed by atoms with E-state index in [1.807, 2.05) is 24.3 Å². The molecule has 3 aromatic rings. The van der Waals surface area contributed by atoms with Gasteiger partial charge in [-0.15, -0.1) is 0 Å². The lowest BCUT2D eigenvalue weighted by atomic mass is 10.0. The van der Waals surface area contributed by atoms with Crippen molar-refractivity contribution in [2.24, 2.45) is 0 Å². The Hall–Kier alpha value is -3.20. The van der Waals surface area contributed by atoms with Crippen LogP contribution < -0.4 is 5.73 Å². The van der Waals surface area contributed by atoms with E-state index in [-0.39, 0.29) is 5.78 Å². The maximum Gasteiger partial charge on any atom is 0.185 e. The van der Waals surface area contributed by atoms with E-state index < -0.39 is 0 Å². The molecule has 0 fully saturated rings. The van der Waals surface area contributed by atoms with Crippen LogP contribution in [-0.2, 0) is 6.42 Å². The molecule has 0 saturated carbocycles. The van der Waals surface area contributed by atoms with Crippen LogP contribution in [-0.4, -0.2) is 10.8 Å². The fraction of sp³-hybridized carbons (Fsp3) is 0.0476. The molecule has 0 aliphatic heterocycles. The number of aromatic nitrogens is 1. The van der Waals surface area contributed by atoms with Crippen molar-refractivity contribution >= 4 is 17.7 Å². The van der Waals surface area contributed by atoms with Crippen LogP contribution in [0.3, 0.4) is 0 Å². The van der Waals surface area contributed by atoms with E-state index in [0.717, 1.165) is 17.5 Å². The maximum atomic E-state index is 12.5. The Balaban J connectivity index is 1.65. The van der Waals surface area contributed by atoms with Gasteiger partial charge in [-0.1, -0.05) is 36.4 Å². The Bertz CT molecular complexity index is 973. The minimum Gasteiger partial charge on any atom is -0.383 e. The Morgan fingerprint density at radius 2 is 1.83 bits per heavy atom. The first-order valence-corrected chi connectivity index (χ1v) is 7.86. The number of fused-ring (bicyclic) bond motifs is 3. The largest absolute Gasteiger partial charge is 0.383 e. The summed E-state index contributed by atoms with van der Waals surface area (Å²) in [7, 11) is 0. The number of benzene rings is 2. The minimum absolute atomic E-state index is 0.0366. The second-order valence-corrected chi connectivity index (χ2v) is 5.88. The highest BCUT2D eigenvalue weighted by Crippen LogP contribution is 2.36. The standard InChI is InChI=1S/C21H16N2O/c22-21-14(5-3-11-23-21)9-10-20(24)17-8-7-16-12-15-4-1-2-6-18(15)19(16)13-17/h1-11,13H,12H2,(H2,22,23)/b10-9+. The summed E-state index contributed by atoms with van der Waals surface area (Å²) in [5, 5.41) is 0. The molecule has 2 N–H and O–H groups in total. The Morgan fingerprint density at radius 3 is 2.71 bits per heavy atom. The maximum absolute atomic E-state index is 12.5. The Morgan fingerprint density at radius 1 is 1.00 bits per heavy atom. The summed E-state index contributed by atoms with van der Waals surface area (Å²) in [6.45, 7) is 0. The lowest BCUT2D eigenvalue weighted by Gasteiger charge is -2.03. The van der Waals surface area contributed by atoms with E-state index in [1.54, 1.807) is 24.4 Å². The van der Waals surface area contributed by atoms with Gasteiger partial charge in [-0.3, -0.25) is 4.79 Å². The van der Waals surface area contributed by atoms with Crippen molar-refractivity contribution in [1.29, 1.82) is 0 Å². The second-order valence-electron chi connectivity index (χ2n) is 5.88. The molecule has 3 heteroatoms. The number of hydrogen-bond acceptors (Lipinski definition) is 3. The average molecular weight is 312 g/mol. The fourth-order valence-corrected chi connectivity index (χ4v) is 3.11. The number of carbonyl (C=O) groups is 1. The second kappa shape index (κ2) is 5.78. The van der Waals surface area contributed by atoms with Gasteiger partial charge in [-0.2, -0.15) is 0 Å². The number of nitrogen functional groups attached to an aromatic ring is 1. The molecule has 1 aromatic heterocycles. The topological polar surface area (TPSA) is 56.0 Å². The van der Waals surface area contributed by atoms with Gasteiger partial charge in [0.05, 0.1) is 0 Å². The van der Waals surface area contributed by atoms with Crippen LogP contribution in [0.1, 0.15) is 27.0 Å². The highest BCUT2D eigenvalue weighted by molar-refractivity contribution is 6.08. The van der Waals surface area contributed by atoms with E-state index in [9.17, 15) is 4.79 Å². The molecule has 2 aromatic carbocycles. The number of hydrogen-bond donors (Lipinski definition) is 1. The molecule has 0 atom stereocenters. The van der Waals surface area contributed by atoms with E-state index in [1.165, 1.54) is 16.7 Å². The summed E-state index contributed by atoms with van der Waals surface area (Å²) in [6.07, 6.45) is 5.83. The normalized spacial score (nSPS) is 12.2. The molecule has 0 amide bonds. The molecule has 4 rings (SSSR count). The first-order chi connectivity index (χ1) is 11.7. The quantitative estimate of drug-likeness (QED) is 0.457. The molecule has 1 heterocycles. The number of nitrogens with two attached hydrogens (primary N) is 1. The third kappa shape index (κ3) is 2.50. The molecule has 0 bridgehead atoms. The van der Waals surface area contributed by atoms with E-state index in [2.05, 4.69) is 29.2 Å². The number of carbonyl (C=O) groups excluding carboxylic acids is 1. The van der Waals surface area contributed by atoms with Gasteiger partial charge in [0.25, 0.3) is 0 Å². The van der Waals surface area contributed by atoms with Gasteiger partial charge in [0.2, 0.25) is 0 Å². The lowest BCUT2D eigenvalue weighted by Crippen LogP contribution is -1.96. The van der Waals surface area contributed by atoms with Gasteiger partial charge in [0.15, 0.2) is 5.78 Å². The molecule has 0 saturated heterocycles. The molecule has 0 radical (unpaired) electrons. The van der Waals surface area contributed by atoms with Crippen molar-refractivity contribution in [2.45, 2.75) is 6.42 Å². The molecule has 0 unspecified atom stereocenters. The predicted octanol–water partition coefficient (Wildman–Crippen LogP) is 4.13. The summed E-state index contributed by atoms with van der Waals surface area (Å²) in [5.74, 6) is 0.384. The smallest absolute Gasteiger partial charge is 0.185 e. The molecule has 3 nitrogen and oxygen atoms in total. The highest BCUT2D eigenvalue weighted by Gasteiger charge is 2.18. The summed E-state index contributed by atoms with van der Waals surface area (Å²) in [6, 6.07) is 17.9. The number of ketones is 1. The summed E-state index contributed by atoms with van der Waals surface area (Å²) in [5.41, 5.74) is 12.2. The van der Waals surface area contributed by atoms with Crippen LogP contribution in [0.15, 0.2) is 66.9 Å². The number of anilines is 1. The first-order valence-electron chi connectivity index (χ1n) is 7.86. The van der Waals surface area contributed by atoms with E-state index >= 15 is 0 Å². The molecule has 116 valence electrons. The predicted molar refractivity (Wildman–Crippen MR) is 96.7 cm³/mol. The average Bonchev–Trinajstić information content (AvgIpc) is 2.98. The number of rotatable bonds is 3. The van der Waals surface area contributed by atoms with Gasteiger partial charge in [-0.05, 0) is 59.0 Å². The van der Waals surface area contributed by atoms with Crippen LogP contribution in [0.2, 0.25) is 0 Å². The lowest BCUT2D eigenvalue weighted by molar-refractivity contribution is 0.104. The van der Waals surface area contributed by atoms with Crippen LogP contribution in [0.25, 0.3) is 17.2 Å². The van der Waals surface area contributed by atoms with Crippen molar-refractivity contribution in [3.8, 4) is 11.1 Å². The summed E-state index contributed by atoms with van der Waals surface area (Å²) < 4.78 is 0. The highest BCUT2D eigenvalue weighted by atomic mass is 16.1. The van der Waals surface area contributed by atoms with Gasteiger partial charge in [-0.25, -0.2) is 4.98 Å². The molecular weight excluding hydrogens is 296 g/mol.